The molecular formula is C13H15N3O2S2. The Bertz CT molecular complexity index is 756. The summed E-state index contributed by atoms with van der Waals surface area (Å²) in [5.41, 5.74) is 0.960. The highest BCUT2D eigenvalue weighted by Gasteiger charge is 2.19. The van der Waals surface area contributed by atoms with Gasteiger partial charge in [-0.2, -0.15) is 0 Å². The Labute approximate surface area is 123 Å². The molecule has 0 aliphatic heterocycles. The molecule has 0 saturated carbocycles. The zero-order chi connectivity index (χ0) is 14.3. The van der Waals surface area contributed by atoms with Crippen molar-refractivity contribution in [3.63, 3.8) is 0 Å². The molecule has 0 fully saturated rings. The zero-order valence-corrected chi connectivity index (χ0v) is 12.8. The number of fused-ring (bicyclic) bond motifs is 3. The summed E-state index contributed by atoms with van der Waals surface area (Å²) in [6.07, 6.45) is 1.95. The number of carbonyl (C=O) groups excluding carboxylic acids is 1. The molecule has 0 spiro atoms. The van der Waals surface area contributed by atoms with Crippen LogP contribution in [0.3, 0.4) is 0 Å². The Kier molecular flexibility index (Phi) is 3.49. The number of aliphatic hydroxyl groups excluding tert-OH is 1. The van der Waals surface area contributed by atoms with E-state index >= 15 is 0 Å². The molecule has 3 rings (SSSR count). The molecule has 106 valence electrons. The van der Waals surface area contributed by atoms with Gasteiger partial charge in [0.2, 0.25) is 0 Å². The lowest BCUT2D eigenvalue weighted by Gasteiger charge is -2.19. The normalized spacial score (nSPS) is 13.4. The number of imidazole rings is 1. The summed E-state index contributed by atoms with van der Waals surface area (Å²) >= 11 is 2.96. The number of thiazole rings is 1. The van der Waals surface area contributed by atoms with E-state index < -0.39 is 0 Å². The number of thiophene rings is 1. The number of rotatable bonds is 4. The van der Waals surface area contributed by atoms with E-state index in [1.54, 1.807) is 11.3 Å². The quantitative estimate of drug-likeness (QED) is 0.777. The lowest BCUT2D eigenvalue weighted by Crippen LogP contribution is -2.40. The monoisotopic (exact) mass is 309 g/mol. The Morgan fingerprint density at radius 2 is 2.35 bits per heavy atom. The van der Waals surface area contributed by atoms with Crippen molar-refractivity contribution in [3.8, 4) is 0 Å². The van der Waals surface area contributed by atoms with Gasteiger partial charge in [0.15, 0.2) is 4.96 Å². The number of nitrogens with one attached hydrogen (secondary N) is 1. The van der Waals surface area contributed by atoms with E-state index in [4.69, 9.17) is 0 Å². The maximum Gasteiger partial charge on any atom is 0.261 e. The molecule has 0 bridgehead atoms. The second kappa shape index (κ2) is 5.16. The molecule has 3 aromatic rings. The van der Waals surface area contributed by atoms with Crippen molar-refractivity contribution in [2.24, 2.45) is 5.92 Å². The van der Waals surface area contributed by atoms with Gasteiger partial charge in [0.1, 0.15) is 4.83 Å². The van der Waals surface area contributed by atoms with E-state index in [-0.39, 0.29) is 24.5 Å². The highest BCUT2D eigenvalue weighted by molar-refractivity contribution is 7.21. The standard InChI is InChI=1S/C13H15N3O2S2/c1-7(2)8(6-17)14-11(18)10-5-9-12(20-10)15-13-16(9)3-4-19-13/h3-5,7-8,17H,6H2,1-2H3,(H,14,18). The molecule has 1 atom stereocenters. The number of aromatic nitrogens is 2. The van der Waals surface area contributed by atoms with Crippen LogP contribution in [0, 0.1) is 5.92 Å². The van der Waals surface area contributed by atoms with Crippen LogP contribution in [0.5, 0.6) is 0 Å². The summed E-state index contributed by atoms with van der Waals surface area (Å²) in [4.78, 5) is 19.1. The van der Waals surface area contributed by atoms with Crippen LogP contribution in [-0.2, 0) is 0 Å². The van der Waals surface area contributed by atoms with Gasteiger partial charge in [-0.1, -0.05) is 13.8 Å². The highest BCUT2D eigenvalue weighted by Crippen LogP contribution is 2.28. The van der Waals surface area contributed by atoms with Gasteiger partial charge in [0.25, 0.3) is 5.91 Å². The van der Waals surface area contributed by atoms with Gasteiger partial charge in [-0.15, -0.1) is 22.7 Å². The first-order valence-electron chi connectivity index (χ1n) is 6.37. The molecular weight excluding hydrogens is 294 g/mol. The highest BCUT2D eigenvalue weighted by atomic mass is 32.1. The van der Waals surface area contributed by atoms with Crippen LogP contribution < -0.4 is 5.32 Å². The first kappa shape index (κ1) is 13.5. The Morgan fingerprint density at radius 3 is 3.05 bits per heavy atom. The third-order valence-corrected chi connectivity index (χ3v) is 5.06. The average molecular weight is 309 g/mol. The SMILES string of the molecule is CC(C)C(CO)NC(=O)c1cc2c(nc3sccn32)s1. The molecule has 5 nitrogen and oxygen atoms in total. The summed E-state index contributed by atoms with van der Waals surface area (Å²) < 4.78 is 1.99. The fourth-order valence-electron chi connectivity index (χ4n) is 2.02. The Hall–Kier alpha value is -1.44. The number of amides is 1. The molecule has 0 aliphatic carbocycles. The third-order valence-electron chi connectivity index (χ3n) is 3.28. The van der Waals surface area contributed by atoms with Crippen molar-refractivity contribution in [1.29, 1.82) is 0 Å². The van der Waals surface area contributed by atoms with E-state index in [9.17, 15) is 9.90 Å². The number of hydrogen-bond acceptors (Lipinski definition) is 5. The molecule has 0 radical (unpaired) electrons. The van der Waals surface area contributed by atoms with Crippen molar-refractivity contribution in [2.45, 2.75) is 19.9 Å². The maximum atomic E-state index is 12.2. The van der Waals surface area contributed by atoms with Gasteiger partial charge in [-0.05, 0) is 12.0 Å². The fourth-order valence-corrected chi connectivity index (χ4v) is 3.73. The minimum atomic E-state index is -0.222. The van der Waals surface area contributed by atoms with Crippen molar-refractivity contribution >= 4 is 43.9 Å². The minimum Gasteiger partial charge on any atom is -0.394 e. The summed E-state index contributed by atoms with van der Waals surface area (Å²) in [6.45, 7) is 3.89. The molecule has 0 aromatic carbocycles. The third kappa shape index (κ3) is 2.21. The van der Waals surface area contributed by atoms with Gasteiger partial charge >= 0.3 is 0 Å². The van der Waals surface area contributed by atoms with Gasteiger partial charge in [0, 0.05) is 11.6 Å². The number of nitrogens with zero attached hydrogens (tertiary/aromatic N) is 2. The van der Waals surface area contributed by atoms with Crippen molar-refractivity contribution in [1.82, 2.24) is 14.7 Å². The molecule has 20 heavy (non-hydrogen) atoms. The molecule has 7 heteroatoms. The molecule has 0 aliphatic rings. The number of aliphatic hydroxyl groups is 1. The van der Waals surface area contributed by atoms with Gasteiger partial charge in [0.05, 0.1) is 23.0 Å². The Morgan fingerprint density at radius 1 is 1.55 bits per heavy atom. The fraction of sp³-hybridized carbons (Fsp3) is 0.385. The minimum absolute atomic E-state index is 0.0533. The van der Waals surface area contributed by atoms with Crippen molar-refractivity contribution in [3.05, 3.63) is 22.5 Å². The molecule has 3 aromatic heterocycles. The topological polar surface area (TPSA) is 66.6 Å². The summed E-state index contributed by atoms with van der Waals surface area (Å²) in [7, 11) is 0. The first-order chi connectivity index (χ1) is 9.60. The predicted molar refractivity (Wildman–Crippen MR) is 81.6 cm³/mol. The molecule has 0 saturated heterocycles. The lowest BCUT2D eigenvalue weighted by molar-refractivity contribution is 0.0901. The van der Waals surface area contributed by atoms with Crippen molar-refractivity contribution < 1.29 is 9.90 Å². The van der Waals surface area contributed by atoms with E-state index in [0.29, 0.717) is 4.88 Å². The van der Waals surface area contributed by atoms with Crippen LogP contribution in [0.25, 0.3) is 15.3 Å². The zero-order valence-electron chi connectivity index (χ0n) is 11.2. The summed E-state index contributed by atoms with van der Waals surface area (Å²) in [5.74, 6) is 0.0445. The molecule has 3 heterocycles. The predicted octanol–water partition coefficient (Wildman–Crippen LogP) is 2.36. The maximum absolute atomic E-state index is 12.2. The van der Waals surface area contributed by atoms with Gasteiger partial charge in [-0.25, -0.2) is 4.98 Å². The Balaban J connectivity index is 1.89. The van der Waals surface area contributed by atoms with E-state index in [1.165, 1.54) is 11.3 Å². The lowest BCUT2D eigenvalue weighted by atomic mass is 10.1. The second-order valence-electron chi connectivity index (χ2n) is 4.97. The van der Waals surface area contributed by atoms with Crippen LogP contribution in [0.1, 0.15) is 23.5 Å². The van der Waals surface area contributed by atoms with Crippen LogP contribution >= 0.6 is 22.7 Å². The van der Waals surface area contributed by atoms with E-state index in [2.05, 4.69) is 10.3 Å². The van der Waals surface area contributed by atoms with E-state index in [1.807, 2.05) is 35.9 Å². The van der Waals surface area contributed by atoms with Crippen LogP contribution in [-0.4, -0.2) is 33.0 Å². The second-order valence-corrected chi connectivity index (χ2v) is 6.88. The van der Waals surface area contributed by atoms with Gasteiger partial charge < -0.3 is 10.4 Å². The van der Waals surface area contributed by atoms with E-state index in [0.717, 1.165) is 15.3 Å². The van der Waals surface area contributed by atoms with Crippen LogP contribution in [0.15, 0.2) is 17.6 Å². The largest absolute Gasteiger partial charge is 0.394 e. The average Bonchev–Trinajstić information content (AvgIpc) is 3.05. The molecule has 1 amide bonds. The first-order valence-corrected chi connectivity index (χ1v) is 8.06. The molecule has 1 unspecified atom stereocenters. The van der Waals surface area contributed by atoms with Crippen molar-refractivity contribution in [2.75, 3.05) is 6.61 Å². The summed E-state index contributed by atoms with van der Waals surface area (Å²) in [6, 6.07) is 1.64. The number of carbonyl (C=O) groups is 1. The molecule has 2 N–H and O–H groups in total. The van der Waals surface area contributed by atoms with Crippen LogP contribution in [0.2, 0.25) is 0 Å². The summed E-state index contributed by atoms with van der Waals surface area (Å²) in [5, 5.41) is 14.1. The van der Waals surface area contributed by atoms with Crippen LogP contribution in [0.4, 0.5) is 0 Å². The van der Waals surface area contributed by atoms with Gasteiger partial charge in [-0.3, -0.25) is 9.20 Å². The smallest absolute Gasteiger partial charge is 0.261 e. The number of hydrogen-bond donors (Lipinski definition) is 2.